The van der Waals surface area contributed by atoms with Crippen LogP contribution in [0.4, 0.5) is 5.95 Å². The van der Waals surface area contributed by atoms with Gasteiger partial charge in [0.1, 0.15) is 5.69 Å². The van der Waals surface area contributed by atoms with Gasteiger partial charge in [-0.15, -0.1) is 0 Å². The van der Waals surface area contributed by atoms with Crippen molar-refractivity contribution in [3.63, 3.8) is 0 Å². The van der Waals surface area contributed by atoms with Gasteiger partial charge in [-0.05, 0) is 37.2 Å². The Bertz CT molecular complexity index is 600. The maximum absolute atomic E-state index is 4.57. The number of hydrogen-bond donors (Lipinski definition) is 1. The van der Waals surface area contributed by atoms with Gasteiger partial charge in [0.05, 0.1) is 11.9 Å². The summed E-state index contributed by atoms with van der Waals surface area (Å²) in [5.74, 6) is 2.44. The average Bonchev–Trinajstić information content (AvgIpc) is 3.11. The Morgan fingerprint density at radius 1 is 1.00 bits per heavy atom. The summed E-state index contributed by atoms with van der Waals surface area (Å²) in [6.07, 6.45) is 12.3. The van der Waals surface area contributed by atoms with Crippen molar-refractivity contribution in [3.05, 3.63) is 30.9 Å². The molecule has 2 aromatic heterocycles. The molecule has 0 amide bonds. The highest BCUT2D eigenvalue weighted by Gasteiger charge is 2.39. The molecule has 2 aromatic rings. The van der Waals surface area contributed by atoms with Gasteiger partial charge in [0.15, 0.2) is 0 Å². The topological polar surface area (TPSA) is 63.6 Å². The molecule has 20 heavy (non-hydrogen) atoms. The zero-order chi connectivity index (χ0) is 13.4. The Hall–Kier alpha value is -2.04. The van der Waals surface area contributed by atoms with Crippen LogP contribution >= 0.6 is 0 Å². The highest BCUT2D eigenvalue weighted by molar-refractivity contribution is 5.53. The first-order chi connectivity index (χ1) is 9.88. The maximum Gasteiger partial charge on any atom is 0.223 e. The van der Waals surface area contributed by atoms with Crippen LogP contribution in [0.1, 0.15) is 25.7 Å². The highest BCUT2D eigenvalue weighted by Crippen LogP contribution is 2.45. The molecule has 4 rings (SSSR count). The zero-order valence-electron chi connectivity index (χ0n) is 11.2. The predicted molar refractivity (Wildman–Crippen MR) is 75.9 cm³/mol. The molecule has 2 saturated carbocycles. The average molecular weight is 267 g/mol. The first-order valence-corrected chi connectivity index (χ1v) is 7.24. The fourth-order valence-corrected chi connectivity index (χ4v) is 3.59. The van der Waals surface area contributed by atoms with Gasteiger partial charge < -0.3 is 5.32 Å². The minimum absolute atomic E-state index is 0.547. The van der Waals surface area contributed by atoms with Gasteiger partial charge >= 0.3 is 0 Å². The molecule has 2 bridgehead atoms. The van der Waals surface area contributed by atoms with Crippen LogP contribution in [0, 0.1) is 11.8 Å². The third-order valence-corrected chi connectivity index (χ3v) is 4.53. The third-order valence-electron chi connectivity index (χ3n) is 4.53. The summed E-state index contributed by atoms with van der Waals surface area (Å²) in [5.41, 5.74) is 1.60. The van der Waals surface area contributed by atoms with Gasteiger partial charge in [0.2, 0.25) is 5.95 Å². The number of nitrogens with one attached hydrogen (secondary N) is 1. The van der Waals surface area contributed by atoms with Crippen LogP contribution in [0.2, 0.25) is 0 Å². The van der Waals surface area contributed by atoms with Gasteiger partial charge in [0.25, 0.3) is 0 Å². The molecule has 2 heterocycles. The predicted octanol–water partition coefficient (Wildman–Crippen LogP) is 2.53. The van der Waals surface area contributed by atoms with E-state index in [1.807, 2.05) is 6.07 Å². The molecule has 0 saturated heterocycles. The van der Waals surface area contributed by atoms with E-state index in [2.05, 4.69) is 25.3 Å². The van der Waals surface area contributed by atoms with Crippen LogP contribution in [0.5, 0.6) is 0 Å². The van der Waals surface area contributed by atoms with Gasteiger partial charge in [0, 0.05) is 24.6 Å². The standard InChI is InChI=1S/C15H17N5/c1-2-11-7-10(1)8-13(11)20-15-18-4-3-12(19-15)14-9-16-5-6-17-14/h3-6,9-11,13H,1-2,7-8H2,(H,18,19,20). The van der Waals surface area contributed by atoms with Crippen molar-refractivity contribution in [2.45, 2.75) is 31.7 Å². The molecule has 3 unspecified atom stereocenters. The number of aromatic nitrogens is 4. The van der Waals surface area contributed by atoms with Crippen molar-refractivity contribution < 1.29 is 0 Å². The Morgan fingerprint density at radius 2 is 2.00 bits per heavy atom. The zero-order valence-corrected chi connectivity index (χ0v) is 11.2. The number of rotatable bonds is 3. The molecular weight excluding hydrogens is 250 g/mol. The lowest BCUT2D eigenvalue weighted by Crippen LogP contribution is -2.26. The monoisotopic (exact) mass is 267 g/mol. The molecule has 2 aliphatic rings. The number of hydrogen-bond acceptors (Lipinski definition) is 5. The first-order valence-electron chi connectivity index (χ1n) is 7.24. The van der Waals surface area contributed by atoms with E-state index in [9.17, 15) is 0 Å². The first kappa shape index (κ1) is 11.8. The van der Waals surface area contributed by atoms with E-state index < -0.39 is 0 Å². The van der Waals surface area contributed by atoms with Crippen LogP contribution in [0.15, 0.2) is 30.9 Å². The Balaban J connectivity index is 1.54. The van der Waals surface area contributed by atoms with Crippen molar-refractivity contribution in [2.24, 2.45) is 11.8 Å². The van der Waals surface area contributed by atoms with E-state index in [1.165, 1.54) is 25.7 Å². The molecule has 102 valence electrons. The van der Waals surface area contributed by atoms with Crippen molar-refractivity contribution >= 4 is 5.95 Å². The van der Waals surface area contributed by atoms with Gasteiger partial charge in [-0.1, -0.05) is 6.42 Å². The molecule has 3 atom stereocenters. The molecule has 0 aliphatic heterocycles. The van der Waals surface area contributed by atoms with Gasteiger partial charge in [-0.3, -0.25) is 9.97 Å². The van der Waals surface area contributed by atoms with E-state index in [1.54, 1.807) is 24.8 Å². The molecule has 0 radical (unpaired) electrons. The second-order valence-corrected chi connectivity index (χ2v) is 5.78. The maximum atomic E-state index is 4.57. The van der Waals surface area contributed by atoms with Gasteiger partial charge in [-0.25, -0.2) is 9.97 Å². The lowest BCUT2D eigenvalue weighted by atomic mass is 9.95. The normalized spacial score (nSPS) is 27.7. The molecule has 1 N–H and O–H groups in total. The smallest absolute Gasteiger partial charge is 0.223 e. The molecule has 0 spiro atoms. The summed E-state index contributed by atoms with van der Waals surface area (Å²) in [5, 5.41) is 3.51. The van der Waals surface area contributed by atoms with Crippen molar-refractivity contribution in [1.82, 2.24) is 19.9 Å². The van der Waals surface area contributed by atoms with E-state index >= 15 is 0 Å². The third kappa shape index (κ3) is 2.13. The number of nitrogens with zero attached hydrogens (tertiary/aromatic N) is 4. The lowest BCUT2D eigenvalue weighted by molar-refractivity contribution is 0.438. The number of fused-ring (bicyclic) bond motifs is 2. The minimum atomic E-state index is 0.547. The van der Waals surface area contributed by atoms with Crippen LogP contribution in [0.3, 0.4) is 0 Å². The lowest BCUT2D eigenvalue weighted by Gasteiger charge is -2.22. The number of anilines is 1. The molecule has 5 nitrogen and oxygen atoms in total. The summed E-state index contributed by atoms with van der Waals surface area (Å²) in [6.45, 7) is 0. The second-order valence-electron chi connectivity index (χ2n) is 5.78. The largest absolute Gasteiger partial charge is 0.351 e. The van der Waals surface area contributed by atoms with Crippen molar-refractivity contribution in [1.29, 1.82) is 0 Å². The SMILES string of the molecule is c1cnc(-c2ccnc(NC3CC4CCC3C4)n2)cn1. The summed E-state index contributed by atoms with van der Waals surface area (Å²) in [6, 6.07) is 2.42. The molecular formula is C15H17N5. The van der Waals surface area contributed by atoms with Crippen LogP contribution in [-0.4, -0.2) is 26.0 Å². The molecule has 2 aliphatic carbocycles. The summed E-state index contributed by atoms with van der Waals surface area (Å²) < 4.78 is 0. The molecule has 5 heteroatoms. The second kappa shape index (κ2) is 4.81. The fourth-order valence-electron chi connectivity index (χ4n) is 3.59. The summed E-state index contributed by atoms with van der Waals surface area (Å²) in [4.78, 5) is 17.3. The van der Waals surface area contributed by atoms with Crippen molar-refractivity contribution in [3.8, 4) is 11.4 Å². The van der Waals surface area contributed by atoms with E-state index in [4.69, 9.17) is 0 Å². The summed E-state index contributed by atoms with van der Waals surface area (Å²) >= 11 is 0. The van der Waals surface area contributed by atoms with Crippen LogP contribution in [0.25, 0.3) is 11.4 Å². The Kier molecular flexibility index (Phi) is 2.83. The van der Waals surface area contributed by atoms with Crippen molar-refractivity contribution in [2.75, 3.05) is 5.32 Å². The molecule has 2 fully saturated rings. The van der Waals surface area contributed by atoms with Crippen LogP contribution < -0.4 is 5.32 Å². The van der Waals surface area contributed by atoms with Gasteiger partial charge in [-0.2, -0.15) is 0 Å². The Labute approximate surface area is 117 Å². The summed E-state index contributed by atoms with van der Waals surface area (Å²) in [7, 11) is 0. The van der Waals surface area contributed by atoms with E-state index in [-0.39, 0.29) is 0 Å². The fraction of sp³-hybridized carbons (Fsp3) is 0.467. The molecule has 0 aromatic carbocycles. The highest BCUT2D eigenvalue weighted by atomic mass is 15.1. The minimum Gasteiger partial charge on any atom is -0.351 e. The van der Waals surface area contributed by atoms with E-state index in [0.717, 1.165) is 23.2 Å². The van der Waals surface area contributed by atoms with E-state index in [0.29, 0.717) is 12.0 Å². The van der Waals surface area contributed by atoms with Crippen LogP contribution in [-0.2, 0) is 0 Å². The Morgan fingerprint density at radius 3 is 2.75 bits per heavy atom. The quantitative estimate of drug-likeness (QED) is 0.925.